The van der Waals surface area contributed by atoms with Gasteiger partial charge in [0.25, 0.3) is 0 Å². The highest BCUT2D eigenvalue weighted by atomic mass is 19.1. The molecule has 1 atom stereocenters. The molecule has 0 spiro atoms. The number of nitrogens with one attached hydrogen (secondary N) is 1. The lowest BCUT2D eigenvalue weighted by Gasteiger charge is -2.11. The highest BCUT2D eigenvalue weighted by molar-refractivity contribution is 5.27. The number of hydrogen-bond acceptors (Lipinski definition) is 1. The summed E-state index contributed by atoms with van der Waals surface area (Å²) in [5.74, 6) is -0.154. The number of halogens is 1. The van der Waals surface area contributed by atoms with Crippen molar-refractivity contribution in [2.45, 2.75) is 26.3 Å². The van der Waals surface area contributed by atoms with E-state index in [1.54, 1.807) is 6.07 Å². The highest BCUT2D eigenvalue weighted by Gasteiger charge is 2.03. The van der Waals surface area contributed by atoms with E-state index in [-0.39, 0.29) is 5.82 Å². The molecule has 0 amide bonds. The Kier molecular flexibility index (Phi) is 3.43. The zero-order chi connectivity index (χ0) is 9.84. The molecular weight excluding hydrogens is 165 g/mol. The normalized spacial score (nSPS) is 12.9. The van der Waals surface area contributed by atoms with Gasteiger partial charge in [-0.2, -0.15) is 0 Å². The van der Waals surface area contributed by atoms with Crippen LogP contribution >= 0.6 is 0 Å². The van der Waals surface area contributed by atoms with E-state index in [2.05, 4.69) is 12.2 Å². The van der Waals surface area contributed by atoms with E-state index < -0.39 is 0 Å². The van der Waals surface area contributed by atoms with Gasteiger partial charge in [0.2, 0.25) is 0 Å². The van der Waals surface area contributed by atoms with Gasteiger partial charge in [-0.25, -0.2) is 4.39 Å². The maximum atomic E-state index is 12.8. The quantitative estimate of drug-likeness (QED) is 0.754. The Morgan fingerprint density at radius 3 is 2.69 bits per heavy atom. The van der Waals surface area contributed by atoms with Crippen molar-refractivity contribution in [1.82, 2.24) is 5.32 Å². The van der Waals surface area contributed by atoms with Gasteiger partial charge in [0.05, 0.1) is 0 Å². The van der Waals surface area contributed by atoms with Gasteiger partial charge in [-0.1, -0.05) is 6.07 Å². The summed E-state index contributed by atoms with van der Waals surface area (Å²) >= 11 is 0. The van der Waals surface area contributed by atoms with Crippen LogP contribution in [0.4, 0.5) is 4.39 Å². The summed E-state index contributed by atoms with van der Waals surface area (Å²) < 4.78 is 12.8. The third-order valence-electron chi connectivity index (χ3n) is 2.32. The molecule has 1 rings (SSSR count). The van der Waals surface area contributed by atoms with Gasteiger partial charge in [-0.15, -0.1) is 0 Å². The van der Waals surface area contributed by atoms with Gasteiger partial charge in [0, 0.05) is 6.04 Å². The topological polar surface area (TPSA) is 12.0 Å². The third-order valence-corrected chi connectivity index (χ3v) is 2.32. The van der Waals surface area contributed by atoms with Crippen LogP contribution in [-0.4, -0.2) is 13.1 Å². The fraction of sp³-hybridized carbons (Fsp3) is 0.455. The van der Waals surface area contributed by atoms with Crippen LogP contribution in [0.3, 0.4) is 0 Å². The van der Waals surface area contributed by atoms with Crippen LogP contribution in [0, 0.1) is 12.7 Å². The largest absolute Gasteiger partial charge is 0.317 e. The predicted octanol–water partition coefficient (Wildman–Crippen LogP) is 2.28. The van der Waals surface area contributed by atoms with Gasteiger partial charge < -0.3 is 5.32 Å². The summed E-state index contributed by atoms with van der Waals surface area (Å²) in [6, 6.07) is 5.39. The number of hydrogen-bond donors (Lipinski definition) is 1. The SMILES string of the molecule is CNC(C)Cc1ccc(F)cc1C. The number of aryl methyl sites for hydroxylation is 1. The Morgan fingerprint density at radius 2 is 2.15 bits per heavy atom. The van der Waals surface area contributed by atoms with Crippen molar-refractivity contribution < 1.29 is 4.39 Å². The van der Waals surface area contributed by atoms with E-state index in [0.29, 0.717) is 6.04 Å². The molecule has 0 aliphatic rings. The molecule has 1 nitrogen and oxygen atoms in total. The number of benzene rings is 1. The van der Waals surface area contributed by atoms with Crippen molar-refractivity contribution in [3.63, 3.8) is 0 Å². The van der Waals surface area contributed by atoms with Crippen molar-refractivity contribution in [2.24, 2.45) is 0 Å². The summed E-state index contributed by atoms with van der Waals surface area (Å²) in [6.45, 7) is 4.06. The Labute approximate surface area is 79.0 Å². The Hall–Kier alpha value is -0.890. The smallest absolute Gasteiger partial charge is 0.123 e. The molecular formula is C11H16FN. The van der Waals surface area contributed by atoms with Crippen molar-refractivity contribution in [3.05, 3.63) is 35.1 Å². The van der Waals surface area contributed by atoms with E-state index in [0.717, 1.165) is 12.0 Å². The standard InChI is InChI=1S/C11H16FN/c1-8-6-11(12)5-4-10(8)7-9(2)13-3/h4-6,9,13H,7H2,1-3H3. The minimum atomic E-state index is -0.154. The maximum absolute atomic E-state index is 12.8. The van der Waals surface area contributed by atoms with Crippen LogP contribution in [0.15, 0.2) is 18.2 Å². The molecule has 0 saturated heterocycles. The Morgan fingerprint density at radius 1 is 1.46 bits per heavy atom. The first kappa shape index (κ1) is 10.2. The maximum Gasteiger partial charge on any atom is 0.123 e. The van der Waals surface area contributed by atoms with Gasteiger partial charge in [0.15, 0.2) is 0 Å². The molecule has 72 valence electrons. The average Bonchev–Trinajstić information content (AvgIpc) is 2.09. The second kappa shape index (κ2) is 4.38. The van der Waals surface area contributed by atoms with Crippen LogP contribution in [0.1, 0.15) is 18.1 Å². The average molecular weight is 181 g/mol. The van der Waals surface area contributed by atoms with E-state index in [1.807, 2.05) is 20.0 Å². The van der Waals surface area contributed by atoms with Crippen molar-refractivity contribution in [3.8, 4) is 0 Å². The Bertz CT molecular complexity index is 283. The molecule has 0 heterocycles. The molecule has 0 bridgehead atoms. The van der Waals surface area contributed by atoms with E-state index in [9.17, 15) is 4.39 Å². The zero-order valence-corrected chi connectivity index (χ0v) is 8.39. The van der Waals surface area contributed by atoms with E-state index in [1.165, 1.54) is 11.6 Å². The highest BCUT2D eigenvalue weighted by Crippen LogP contribution is 2.11. The minimum absolute atomic E-state index is 0.154. The first-order valence-corrected chi connectivity index (χ1v) is 4.55. The monoisotopic (exact) mass is 181 g/mol. The van der Waals surface area contributed by atoms with Crippen molar-refractivity contribution in [2.75, 3.05) is 7.05 Å². The summed E-state index contributed by atoms with van der Waals surface area (Å²) in [4.78, 5) is 0. The van der Waals surface area contributed by atoms with Gasteiger partial charge in [-0.05, 0) is 50.6 Å². The van der Waals surface area contributed by atoms with Crippen molar-refractivity contribution in [1.29, 1.82) is 0 Å². The van der Waals surface area contributed by atoms with Crippen LogP contribution in [0.5, 0.6) is 0 Å². The lowest BCUT2D eigenvalue weighted by atomic mass is 10.0. The second-order valence-corrected chi connectivity index (χ2v) is 3.46. The second-order valence-electron chi connectivity index (χ2n) is 3.46. The zero-order valence-electron chi connectivity index (χ0n) is 8.39. The van der Waals surface area contributed by atoms with E-state index >= 15 is 0 Å². The first-order chi connectivity index (χ1) is 6.13. The molecule has 13 heavy (non-hydrogen) atoms. The van der Waals surface area contributed by atoms with Gasteiger partial charge in [-0.3, -0.25) is 0 Å². The molecule has 0 aliphatic carbocycles. The van der Waals surface area contributed by atoms with E-state index in [4.69, 9.17) is 0 Å². The predicted molar refractivity (Wildman–Crippen MR) is 53.4 cm³/mol. The molecule has 1 aromatic carbocycles. The molecule has 0 aliphatic heterocycles. The molecule has 1 unspecified atom stereocenters. The van der Waals surface area contributed by atoms with Gasteiger partial charge in [0.1, 0.15) is 5.82 Å². The van der Waals surface area contributed by atoms with Crippen LogP contribution in [-0.2, 0) is 6.42 Å². The lowest BCUT2D eigenvalue weighted by molar-refractivity contribution is 0.601. The van der Waals surface area contributed by atoms with Crippen LogP contribution in [0.2, 0.25) is 0 Å². The molecule has 2 heteroatoms. The number of likely N-dealkylation sites (N-methyl/N-ethyl adjacent to an activating group) is 1. The molecule has 1 N–H and O–H groups in total. The molecule has 0 fully saturated rings. The third kappa shape index (κ3) is 2.81. The molecule has 0 radical (unpaired) electrons. The lowest BCUT2D eigenvalue weighted by Crippen LogP contribution is -2.23. The summed E-state index contributed by atoms with van der Waals surface area (Å²) in [5.41, 5.74) is 2.24. The fourth-order valence-corrected chi connectivity index (χ4v) is 1.32. The molecule has 0 saturated carbocycles. The molecule has 0 aromatic heterocycles. The fourth-order valence-electron chi connectivity index (χ4n) is 1.32. The Balaban J connectivity index is 2.77. The van der Waals surface area contributed by atoms with Gasteiger partial charge >= 0.3 is 0 Å². The summed E-state index contributed by atoms with van der Waals surface area (Å²) in [7, 11) is 1.93. The van der Waals surface area contributed by atoms with Crippen molar-refractivity contribution >= 4 is 0 Å². The van der Waals surface area contributed by atoms with Crippen LogP contribution < -0.4 is 5.32 Å². The molecule has 1 aromatic rings. The number of rotatable bonds is 3. The minimum Gasteiger partial charge on any atom is -0.317 e. The first-order valence-electron chi connectivity index (χ1n) is 4.55. The van der Waals surface area contributed by atoms with Crippen LogP contribution in [0.25, 0.3) is 0 Å². The summed E-state index contributed by atoms with van der Waals surface area (Å²) in [5, 5.41) is 3.16. The summed E-state index contributed by atoms with van der Waals surface area (Å²) in [6.07, 6.45) is 0.947.